The summed E-state index contributed by atoms with van der Waals surface area (Å²) in [5, 5.41) is 11.6. The smallest absolute Gasteiger partial charge is 0.0705 e. The normalized spacial score (nSPS) is 37.5. The second-order valence-electron chi connectivity index (χ2n) is 9.52. The molecule has 2 aliphatic rings. The maximum Gasteiger partial charge on any atom is 0.0705 e. The zero-order valence-electron chi connectivity index (χ0n) is 17.2. The van der Waals surface area contributed by atoms with Gasteiger partial charge in [-0.2, -0.15) is 0 Å². The molecule has 1 N–H and O–H groups in total. The number of halogens is 1. The summed E-state index contributed by atoms with van der Waals surface area (Å²) < 4.78 is 6.52. The fourth-order valence-corrected chi connectivity index (χ4v) is 6.35. The van der Waals surface area contributed by atoms with Crippen LogP contribution in [0.4, 0.5) is 0 Å². The van der Waals surface area contributed by atoms with Gasteiger partial charge >= 0.3 is 0 Å². The van der Waals surface area contributed by atoms with Crippen molar-refractivity contribution < 1.29 is 9.84 Å². The number of rotatable bonds is 6. The van der Waals surface area contributed by atoms with E-state index >= 15 is 0 Å². The molecule has 2 nitrogen and oxygen atoms in total. The van der Waals surface area contributed by atoms with Gasteiger partial charge in [0.2, 0.25) is 0 Å². The first kappa shape index (κ1) is 21.3. The SMILES string of the molecule is CC(C)[C@@H]1CC[C@@H](C)C[C@]1(O)C[C@@H]1C[C@H](Br)C[C@H](CCc2ccccc2)O1. The first-order valence-electron chi connectivity index (χ1n) is 10.9. The van der Waals surface area contributed by atoms with E-state index in [1.807, 2.05) is 0 Å². The third-order valence-electron chi connectivity index (χ3n) is 6.77. The number of alkyl halides is 1. The molecule has 1 aliphatic heterocycles. The quantitative estimate of drug-likeness (QED) is 0.542. The monoisotopic (exact) mass is 436 g/mol. The van der Waals surface area contributed by atoms with Gasteiger partial charge in [0.1, 0.15) is 0 Å². The summed E-state index contributed by atoms with van der Waals surface area (Å²) in [6, 6.07) is 10.7. The Kier molecular flexibility index (Phi) is 7.44. The third kappa shape index (κ3) is 5.81. The maximum atomic E-state index is 11.6. The van der Waals surface area contributed by atoms with Gasteiger partial charge in [-0.1, -0.05) is 73.5 Å². The second-order valence-corrected chi connectivity index (χ2v) is 10.8. The number of hydrogen-bond donors (Lipinski definition) is 1. The minimum Gasteiger partial charge on any atom is -0.389 e. The van der Waals surface area contributed by atoms with Crippen molar-refractivity contribution in [1.29, 1.82) is 0 Å². The van der Waals surface area contributed by atoms with Crippen LogP contribution in [0.1, 0.15) is 71.3 Å². The molecule has 27 heavy (non-hydrogen) atoms. The molecule has 1 heterocycles. The van der Waals surface area contributed by atoms with Crippen LogP contribution in [0, 0.1) is 17.8 Å². The van der Waals surface area contributed by atoms with E-state index in [1.54, 1.807) is 0 Å². The van der Waals surface area contributed by atoms with Gasteiger partial charge in [0.15, 0.2) is 0 Å². The average molecular weight is 437 g/mol. The number of benzene rings is 1. The van der Waals surface area contributed by atoms with Crippen molar-refractivity contribution >= 4 is 15.9 Å². The molecular formula is C24H37BrO2. The molecule has 3 rings (SSSR count). The zero-order valence-corrected chi connectivity index (χ0v) is 18.8. The van der Waals surface area contributed by atoms with Gasteiger partial charge in [-0.3, -0.25) is 0 Å². The number of aliphatic hydroxyl groups is 1. The third-order valence-corrected chi connectivity index (χ3v) is 7.52. The minimum atomic E-state index is -0.565. The molecule has 0 bridgehead atoms. The molecule has 0 amide bonds. The van der Waals surface area contributed by atoms with Crippen LogP contribution in [-0.4, -0.2) is 27.7 Å². The Bertz CT molecular complexity index is 575. The maximum absolute atomic E-state index is 11.6. The van der Waals surface area contributed by atoms with E-state index in [4.69, 9.17) is 4.74 Å². The standard InChI is InChI=1S/C24H37BrO2/c1-17(2)23-12-9-18(3)15-24(23,26)16-22-14-20(25)13-21(27-22)11-10-19-7-5-4-6-8-19/h4-8,17-18,20-23,26H,9-16H2,1-3H3/t18-,20-,21+,22+,23+,24+/m1/s1. The summed E-state index contributed by atoms with van der Waals surface area (Å²) in [7, 11) is 0. The molecule has 0 unspecified atom stereocenters. The Morgan fingerprint density at radius 3 is 2.56 bits per heavy atom. The summed E-state index contributed by atoms with van der Waals surface area (Å²) in [5.41, 5.74) is 0.818. The summed E-state index contributed by atoms with van der Waals surface area (Å²) in [6.07, 6.45) is 8.79. The first-order valence-corrected chi connectivity index (χ1v) is 11.8. The highest BCUT2D eigenvalue weighted by Gasteiger charge is 2.45. The van der Waals surface area contributed by atoms with E-state index in [9.17, 15) is 5.11 Å². The summed E-state index contributed by atoms with van der Waals surface area (Å²) >= 11 is 3.87. The van der Waals surface area contributed by atoms with Gasteiger partial charge in [0, 0.05) is 11.2 Å². The molecule has 3 heteroatoms. The van der Waals surface area contributed by atoms with Gasteiger partial charge in [0.25, 0.3) is 0 Å². The van der Waals surface area contributed by atoms with E-state index < -0.39 is 5.60 Å². The van der Waals surface area contributed by atoms with Crippen LogP contribution in [0.15, 0.2) is 30.3 Å². The van der Waals surface area contributed by atoms with E-state index in [0.29, 0.717) is 22.6 Å². The molecule has 1 aromatic rings. The predicted molar refractivity (Wildman–Crippen MR) is 116 cm³/mol. The summed E-state index contributed by atoms with van der Waals surface area (Å²) in [5.74, 6) is 1.54. The van der Waals surface area contributed by atoms with Crippen molar-refractivity contribution in [1.82, 2.24) is 0 Å². The van der Waals surface area contributed by atoms with E-state index in [1.165, 1.54) is 12.0 Å². The van der Waals surface area contributed by atoms with Gasteiger partial charge in [-0.15, -0.1) is 0 Å². The molecule has 1 saturated carbocycles. The molecule has 2 fully saturated rings. The Labute approximate surface area is 174 Å². The van der Waals surface area contributed by atoms with Crippen molar-refractivity contribution in [2.45, 2.75) is 94.8 Å². The number of aryl methyl sites for hydroxylation is 1. The van der Waals surface area contributed by atoms with Crippen LogP contribution < -0.4 is 0 Å². The largest absolute Gasteiger partial charge is 0.389 e. The van der Waals surface area contributed by atoms with Gasteiger partial charge in [-0.05, 0) is 61.8 Å². The van der Waals surface area contributed by atoms with Gasteiger partial charge in [-0.25, -0.2) is 0 Å². The molecular weight excluding hydrogens is 400 g/mol. The average Bonchev–Trinajstić information content (AvgIpc) is 2.59. The highest BCUT2D eigenvalue weighted by Crippen LogP contribution is 2.45. The Morgan fingerprint density at radius 1 is 1.15 bits per heavy atom. The number of ether oxygens (including phenoxy) is 1. The zero-order chi connectivity index (χ0) is 19.4. The fraction of sp³-hybridized carbons (Fsp3) is 0.750. The highest BCUT2D eigenvalue weighted by molar-refractivity contribution is 9.09. The van der Waals surface area contributed by atoms with Crippen molar-refractivity contribution in [3.8, 4) is 0 Å². The van der Waals surface area contributed by atoms with Crippen LogP contribution in [0.5, 0.6) is 0 Å². The lowest BCUT2D eigenvalue weighted by molar-refractivity contribution is -0.137. The van der Waals surface area contributed by atoms with Crippen molar-refractivity contribution in [3.63, 3.8) is 0 Å². The molecule has 0 spiro atoms. The fourth-order valence-electron chi connectivity index (χ4n) is 5.51. The second kappa shape index (κ2) is 9.41. The molecule has 1 aliphatic carbocycles. The predicted octanol–water partition coefficient (Wildman–Crippen LogP) is 6.14. The Morgan fingerprint density at radius 2 is 1.85 bits per heavy atom. The van der Waals surface area contributed by atoms with E-state index in [2.05, 4.69) is 67.0 Å². The molecule has 0 aromatic heterocycles. The van der Waals surface area contributed by atoms with Crippen molar-refractivity contribution in [3.05, 3.63) is 35.9 Å². The van der Waals surface area contributed by atoms with Crippen LogP contribution >= 0.6 is 15.9 Å². The lowest BCUT2D eigenvalue weighted by Gasteiger charge is -2.47. The van der Waals surface area contributed by atoms with Gasteiger partial charge < -0.3 is 9.84 Å². The lowest BCUT2D eigenvalue weighted by atomic mass is 9.65. The molecule has 6 atom stereocenters. The van der Waals surface area contributed by atoms with Crippen molar-refractivity contribution in [2.24, 2.45) is 17.8 Å². The first-order chi connectivity index (χ1) is 12.9. The summed E-state index contributed by atoms with van der Waals surface area (Å²) in [4.78, 5) is 0.499. The highest BCUT2D eigenvalue weighted by atomic mass is 79.9. The Hall–Kier alpha value is -0.380. The van der Waals surface area contributed by atoms with Crippen LogP contribution in [0.2, 0.25) is 0 Å². The van der Waals surface area contributed by atoms with Crippen molar-refractivity contribution in [2.75, 3.05) is 0 Å². The molecule has 1 saturated heterocycles. The summed E-state index contributed by atoms with van der Waals surface area (Å²) in [6.45, 7) is 6.83. The van der Waals surface area contributed by atoms with E-state index in [0.717, 1.165) is 44.9 Å². The molecule has 152 valence electrons. The lowest BCUT2D eigenvalue weighted by Crippen LogP contribution is -2.49. The van der Waals surface area contributed by atoms with E-state index in [-0.39, 0.29) is 12.2 Å². The minimum absolute atomic E-state index is 0.167. The van der Waals surface area contributed by atoms with Gasteiger partial charge in [0.05, 0.1) is 17.8 Å². The number of hydrogen-bond acceptors (Lipinski definition) is 2. The van der Waals surface area contributed by atoms with Crippen LogP contribution in [0.25, 0.3) is 0 Å². The molecule has 1 aromatic carbocycles. The Balaban J connectivity index is 1.61. The van der Waals surface area contributed by atoms with Crippen LogP contribution in [-0.2, 0) is 11.2 Å². The van der Waals surface area contributed by atoms with Crippen LogP contribution in [0.3, 0.4) is 0 Å². The topological polar surface area (TPSA) is 29.5 Å². The molecule has 0 radical (unpaired) electrons.